The molecule has 0 radical (unpaired) electrons. The summed E-state index contributed by atoms with van der Waals surface area (Å²) < 4.78 is 40.0. The van der Waals surface area contributed by atoms with Crippen LogP contribution in [0.4, 0.5) is 24.5 Å². The summed E-state index contributed by atoms with van der Waals surface area (Å²) in [5.74, 6) is -0.407. The molecule has 0 saturated carbocycles. The van der Waals surface area contributed by atoms with Crippen LogP contribution in [0.5, 0.6) is 0 Å². The second kappa shape index (κ2) is 10.1. The number of amides is 1. The number of carbonyl (C=O) groups excluding carboxylic acids is 1. The van der Waals surface area contributed by atoms with Crippen LogP contribution in [0.3, 0.4) is 0 Å². The zero-order valence-corrected chi connectivity index (χ0v) is 18.2. The first-order valence-corrected chi connectivity index (χ1v) is 10.8. The first-order chi connectivity index (χ1) is 14.8. The smallest absolute Gasteiger partial charge is 0.370 e. The summed E-state index contributed by atoms with van der Waals surface area (Å²) in [5.41, 5.74) is 1.37. The van der Waals surface area contributed by atoms with Crippen molar-refractivity contribution in [2.75, 3.05) is 23.3 Å². The molecule has 1 fully saturated rings. The van der Waals surface area contributed by atoms with Crippen molar-refractivity contribution in [1.82, 2.24) is 5.32 Å². The predicted octanol–water partition coefficient (Wildman–Crippen LogP) is 5.91. The molecule has 1 aliphatic heterocycles. The highest BCUT2D eigenvalue weighted by Crippen LogP contribution is 2.36. The lowest BCUT2D eigenvalue weighted by molar-refractivity contribution is -0.137. The Morgan fingerprint density at radius 1 is 1.00 bits per heavy atom. The zero-order valence-electron chi connectivity index (χ0n) is 17.4. The van der Waals surface area contributed by atoms with Crippen LogP contribution < -0.4 is 15.5 Å². The van der Waals surface area contributed by atoms with Gasteiger partial charge in [0, 0.05) is 18.7 Å². The number of anilines is 2. The summed E-state index contributed by atoms with van der Waals surface area (Å²) in [6, 6.07) is 10.7. The van der Waals surface area contributed by atoms with Crippen molar-refractivity contribution in [1.29, 1.82) is 0 Å². The van der Waals surface area contributed by atoms with Crippen molar-refractivity contribution in [2.24, 2.45) is 0 Å². The topological polar surface area (TPSA) is 44.4 Å². The van der Waals surface area contributed by atoms with Crippen LogP contribution in [0.1, 0.15) is 53.6 Å². The number of nitrogens with zero attached hydrogens (tertiary/aromatic N) is 1. The normalized spacial score (nSPS) is 15.0. The summed E-state index contributed by atoms with van der Waals surface area (Å²) in [6.45, 7) is 3.34. The first kappa shape index (κ1) is 23.1. The number of hydrogen-bond acceptors (Lipinski definition) is 3. The Morgan fingerprint density at radius 3 is 2.29 bits per heavy atom. The van der Waals surface area contributed by atoms with Gasteiger partial charge in [-0.3, -0.25) is 10.1 Å². The highest BCUT2D eigenvalue weighted by Gasteiger charge is 2.31. The van der Waals surface area contributed by atoms with Gasteiger partial charge in [-0.1, -0.05) is 37.5 Å². The summed E-state index contributed by atoms with van der Waals surface area (Å²) in [4.78, 5) is 14.6. The summed E-state index contributed by atoms with van der Waals surface area (Å²) >= 11 is 5.26. The molecule has 1 heterocycles. The molecule has 0 bridgehead atoms. The van der Waals surface area contributed by atoms with E-state index >= 15 is 0 Å². The van der Waals surface area contributed by atoms with E-state index in [0.717, 1.165) is 56.5 Å². The van der Waals surface area contributed by atoms with Crippen LogP contribution in [0.15, 0.2) is 42.5 Å². The van der Waals surface area contributed by atoms with Gasteiger partial charge >= 0.3 is 6.18 Å². The lowest BCUT2D eigenvalue weighted by Crippen LogP contribution is -2.35. The van der Waals surface area contributed by atoms with E-state index in [1.54, 1.807) is 25.1 Å². The minimum atomic E-state index is -4.47. The molecule has 3 rings (SSSR count). The Labute approximate surface area is 185 Å². The number of carbonyl (C=O) groups is 1. The molecule has 1 saturated heterocycles. The number of nitrogens with one attached hydrogen (secondary N) is 2. The fraction of sp³-hybridized carbons (Fsp3) is 0.391. The van der Waals surface area contributed by atoms with Gasteiger partial charge in [-0.15, -0.1) is 0 Å². The Bertz CT molecular complexity index is 938. The minimum absolute atomic E-state index is 0.0409. The maximum atomic E-state index is 13.3. The monoisotopic (exact) mass is 449 g/mol. The quantitative estimate of drug-likeness (QED) is 0.572. The molecule has 1 amide bonds. The van der Waals surface area contributed by atoms with Crippen molar-refractivity contribution in [2.45, 2.75) is 45.2 Å². The third-order valence-electron chi connectivity index (χ3n) is 5.39. The first-order valence-electron chi connectivity index (χ1n) is 10.4. The maximum Gasteiger partial charge on any atom is 0.416 e. The molecule has 166 valence electrons. The van der Waals surface area contributed by atoms with Gasteiger partial charge in [0.2, 0.25) is 0 Å². The molecule has 1 aliphatic rings. The van der Waals surface area contributed by atoms with Crippen LogP contribution in [0.2, 0.25) is 0 Å². The average Bonchev–Trinajstić information content (AvgIpc) is 2.67. The molecule has 0 atom stereocenters. The Hall–Kier alpha value is -2.61. The summed E-state index contributed by atoms with van der Waals surface area (Å²) in [7, 11) is 0. The molecule has 0 spiro atoms. The molecular weight excluding hydrogens is 423 g/mol. The molecule has 31 heavy (non-hydrogen) atoms. The Morgan fingerprint density at radius 2 is 1.65 bits per heavy atom. The SMILES string of the molecule is Cc1ccccc1C(=O)NC(=S)Nc1cc(C(F)(F)F)ccc1N1CCCCCCC1. The third-order valence-corrected chi connectivity index (χ3v) is 5.59. The molecule has 0 unspecified atom stereocenters. The lowest BCUT2D eigenvalue weighted by Gasteiger charge is -2.29. The van der Waals surface area contributed by atoms with Gasteiger partial charge in [-0.25, -0.2) is 0 Å². The molecular formula is C23H26F3N3OS. The van der Waals surface area contributed by atoms with E-state index in [-0.39, 0.29) is 10.8 Å². The van der Waals surface area contributed by atoms with Crippen LogP contribution in [-0.4, -0.2) is 24.1 Å². The van der Waals surface area contributed by atoms with Crippen molar-refractivity contribution >= 4 is 34.6 Å². The van der Waals surface area contributed by atoms with Crippen molar-refractivity contribution in [3.05, 3.63) is 59.2 Å². The van der Waals surface area contributed by atoms with E-state index < -0.39 is 17.6 Å². The van der Waals surface area contributed by atoms with E-state index in [1.807, 2.05) is 6.07 Å². The molecule has 4 nitrogen and oxygen atoms in total. The van der Waals surface area contributed by atoms with E-state index in [4.69, 9.17) is 12.2 Å². The molecule has 2 N–H and O–H groups in total. The van der Waals surface area contributed by atoms with E-state index in [9.17, 15) is 18.0 Å². The van der Waals surface area contributed by atoms with Crippen LogP contribution in [0.25, 0.3) is 0 Å². The fourth-order valence-corrected chi connectivity index (χ4v) is 3.93. The van der Waals surface area contributed by atoms with Gasteiger partial charge in [0.1, 0.15) is 0 Å². The highest BCUT2D eigenvalue weighted by atomic mass is 32.1. The van der Waals surface area contributed by atoms with Gasteiger partial charge in [-0.2, -0.15) is 13.2 Å². The van der Waals surface area contributed by atoms with E-state index in [0.29, 0.717) is 11.3 Å². The van der Waals surface area contributed by atoms with Gasteiger partial charge in [0.05, 0.1) is 16.9 Å². The fourth-order valence-electron chi connectivity index (χ4n) is 3.73. The Balaban J connectivity index is 1.83. The zero-order chi connectivity index (χ0) is 22.4. The molecule has 2 aromatic rings. The minimum Gasteiger partial charge on any atom is -0.370 e. The number of halogens is 3. The third kappa shape index (κ3) is 6.19. The number of aryl methyl sites for hydroxylation is 1. The summed E-state index contributed by atoms with van der Waals surface area (Å²) in [6.07, 6.45) is 0.873. The standard InChI is InChI=1S/C23H26F3N3OS/c1-16-9-5-6-10-18(16)21(30)28-22(31)27-19-15-17(23(24,25)26)11-12-20(19)29-13-7-3-2-4-8-14-29/h5-6,9-12,15H,2-4,7-8,13-14H2,1H3,(H2,27,28,30,31). The second-order valence-electron chi connectivity index (χ2n) is 7.71. The maximum absolute atomic E-state index is 13.3. The average molecular weight is 450 g/mol. The van der Waals surface area contributed by atoms with Crippen LogP contribution >= 0.6 is 12.2 Å². The van der Waals surface area contributed by atoms with Crippen LogP contribution in [-0.2, 0) is 6.18 Å². The number of thiocarbonyl (C=S) groups is 1. The van der Waals surface area contributed by atoms with Crippen molar-refractivity contribution in [3.8, 4) is 0 Å². The summed E-state index contributed by atoms with van der Waals surface area (Å²) in [5, 5.41) is 5.37. The largest absolute Gasteiger partial charge is 0.416 e. The van der Waals surface area contributed by atoms with Gasteiger partial charge in [0.15, 0.2) is 5.11 Å². The van der Waals surface area contributed by atoms with Gasteiger partial charge in [0.25, 0.3) is 5.91 Å². The van der Waals surface area contributed by atoms with Crippen LogP contribution in [0, 0.1) is 6.92 Å². The van der Waals surface area contributed by atoms with Crippen molar-refractivity contribution < 1.29 is 18.0 Å². The predicted molar refractivity (Wildman–Crippen MR) is 122 cm³/mol. The molecule has 0 aliphatic carbocycles. The van der Waals surface area contributed by atoms with E-state index in [1.165, 1.54) is 12.5 Å². The molecule has 8 heteroatoms. The van der Waals surface area contributed by atoms with E-state index in [2.05, 4.69) is 15.5 Å². The van der Waals surface area contributed by atoms with Crippen molar-refractivity contribution in [3.63, 3.8) is 0 Å². The number of rotatable bonds is 3. The lowest BCUT2D eigenvalue weighted by atomic mass is 10.1. The molecule has 0 aromatic heterocycles. The Kier molecular flexibility index (Phi) is 7.54. The highest BCUT2D eigenvalue weighted by molar-refractivity contribution is 7.80. The number of alkyl halides is 3. The van der Waals surface area contributed by atoms with Gasteiger partial charge < -0.3 is 10.2 Å². The second-order valence-corrected chi connectivity index (χ2v) is 8.12. The van der Waals surface area contributed by atoms with Gasteiger partial charge in [-0.05, 0) is 61.8 Å². The number of hydrogen-bond donors (Lipinski definition) is 2. The number of benzene rings is 2. The molecule has 2 aromatic carbocycles.